The van der Waals surface area contributed by atoms with Crippen molar-refractivity contribution in [1.29, 1.82) is 0 Å². The van der Waals surface area contributed by atoms with Crippen molar-refractivity contribution >= 4 is 12.8 Å². The van der Waals surface area contributed by atoms with E-state index in [9.17, 15) is 4.79 Å². The molecular weight excluding hydrogens is 283 g/mol. The topological polar surface area (TPSA) is 35.5 Å². The summed E-state index contributed by atoms with van der Waals surface area (Å²) in [6, 6.07) is 0. The Morgan fingerprint density at radius 1 is 0.857 bits per heavy atom. The molecule has 0 aromatic rings. The van der Waals surface area contributed by atoms with Gasteiger partial charge in [0, 0.05) is 0 Å². The fourth-order valence-electron chi connectivity index (χ4n) is 3.21. The minimum absolute atomic E-state index is 0.0907. The van der Waals surface area contributed by atoms with Crippen LogP contribution in [-0.4, -0.2) is 44.3 Å². The molecule has 0 unspecified atom stereocenters. The Morgan fingerprint density at radius 2 is 1.29 bits per heavy atom. The third kappa shape index (κ3) is 7.10. The molecule has 0 aromatic carbocycles. The van der Waals surface area contributed by atoms with Crippen molar-refractivity contribution in [1.82, 2.24) is 0 Å². The molecule has 4 heteroatoms. The van der Waals surface area contributed by atoms with Crippen molar-refractivity contribution in [2.45, 2.75) is 66.2 Å². The number of methoxy groups -OCH3 is 1. The first-order chi connectivity index (χ1) is 9.97. The number of ether oxygens (including phenoxy) is 1. The van der Waals surface area contributed by atoms with Gasteiger partial charge in [0.2, 0.25) is 0 Å². The summed E-state index contributed by atoms with van der Waals surface area (Å²) in [5, 5.41) is 0. The van der Waals surface area contributed by atoms with E-state index in [-0.39, 0.29) is 5.97 Å². The summed E-state index contributed by atoms with van der Waals surface area (Å²) in [6.07, 6.45) is 11.1. The van der Waals surface area contributed by atoms with Crippen LogP contribution in [0.2, 0.25) is 0 Å². The van der Waals surface area contributed by atoms with Gasteiger partial charge in [-0.05, 0) is 0 Å². The van der Waals surface area contributed by atoms with Gasteiger partial charge in [0.1, 0.15) is 0 Å². The third-order valence-corrected chi connectivity index (χ3v) is 10.9. The first-order valence-electron chi connectivity index (χ1n) is 8.67. The molecule has 0 radical (unpaired) electrons. The Bertz CT molecular complexity index is 248. The zero-order valence-electron chi connectivity index (χ0n) is 15.0. The number of rotatable bonds is 13. The number of carbonyl (C=O) groups is 1. The molecule has 0 aliphatic carbocycles. The van der Waals surface area contributed by atoms with E-state index in [1.807, 2.05) is 0 Å². The second-order valence-electron chi connectivity index (χ2n) is 6.39. The van der Waals surface area contributed by atoms with Crippen molar-refractivity contribution < 1.29 is 14.1 Å². The van der Waals surface area contributed by atoms with Gasteiger partial charge in [0.25, 0.3) is 0 Å². The summed E-state index contributed by atoms with van der Waals surface area (Å²) < 4.78 is 11.6. The van der Waals surface area contributed by atoms with Crippen LogP contribution in [-0.2, 0) is 14.1 Å². The number of hydrogen-bond donors (Lipinski definition) is 0. The van der Waals surface area contributed by atoms with Gasteiger partial charge in [-0.15, -0.1) is 0 Å². The molecule has 0 aliphatic rings. The Kier molecular flexibility index (Phi) is 10.5. The van der Waals surface area contributed by atoms with Crippen LogP contribution in [0.25, 0.3) is 0 Å². The number of unbranched alkanes of at least 4 members (excludes halogenated alkanes) is 3. The molecule has 3 nitrogen and oxygen atoms in total. The third-order valence-electron chi connectivity index (χ3n) is 4.48. The zero-order valence-corrected chi connectivity index (χ0v) is 15.8. The van der Waals surface area contributed by atoms with Gasteiger partial charge < -0.3 is 0 Å². The number of carbonyl (C=O) groups excluding carboxylic acids is 1. The van der Waals surface area contributed by atoms with E-state index < -0.39 is 6.83 Å². The SMILES string of the molecule is CCCCP(CCCC)(CCCC)(CCOC)OC(C)=O. The fraction of sp³-hybridized carbons (Fsp3) is 0.941. The van der Waals surface area contributed by atoms with E-state index in [1.165, 1.54) is 0 Å². The summed E-state index contributed by atoms with van der Waals surface area (Å²) in [7, 11) is 1.75. The molecule has 0 bridgehead atoms. The molecular formula is C17H37O3P. The molecule has 0 saturated heterocycles. The summed E-state index contributed by atoms with van der Waals surface area (Å²) in [6.45, 7) is 6.49. The predicted molar refractivity (Wildman–Crippen MR) is 94.8 cm³/mol. The van der Waals surface area contributed by atoms with E-state index in [0.29, 0.717) is 6.61 Å². The second-order valence-corrected chi connectivity index (χ2v) is 12.1. The molecule has 0 aliphatic heterocycles. The van der Waals surface area contributed by atoms with E-state index in [2.05, 4.69) is 20.8 Å². The minimum atomic E-state index is -2.46. The molecule has 0 amide bonds. The Hall–Kier alpha value is -0.140. The van der Waals surface area contributed by atoms with Crippen LogP contribution in [0.1, 0.15) is 66.2 Å². The Morgan fingerprint density at radius 3 is 1.57 bits per heavy atom. The molecule has 0 rings (SSSR count). The molecule has 0 spiro atoms. The van der Waals surface area contributed by atoms with Crippen molar-refractivity contribution in [2.75, 3.05) is 38.4 Å². The summed E-state index contributed by atoms with van der Waals surface area (Å²) in [4.78, 5) is 11.9. The molecule has 21 heavy (non-hydrogen) atoms. The van der Waals surface area contributed by atoms with E-state index in [0.717, 1.165) is 63.2 Å². The van der Waals surface area contributed by atoms with Gasteiger partial charge in [0.05, 0.1) is 0 Å². The van der Waals surface area contributed by atoms with E-state index >= 15 is 0 Å². The van der Waals surface area contributed by atoms with Crippen LogP contribution in [0.15, 0.2) is 0 Å². The van der Waals surface area contributed by atoms with Crippen LogP contribution in [0, 0.1) is 0 Å². The molecule has 0 atom stereocenters. The van der Waals surface area contributed by atoms with Crippen LogP contribution in [0.5, 0.6) is 0 Å². The Balaban J connectivity index is 5.50. The first-order valence-corrected chi connectivity index (χ1v) is 11.6. The molecule has 0 saturated carbocycles. The van der Waals surface area contributed by atoms with Gasteiger partial charge in [-0.2, -0.15) is 0 Å². The van der Waals surface area contributed by atoms with Gasteiger partial charge in [0.15, 0.2) is 0 Å². The van der Waals surface area contributed by atoms with Gasteiger partial charge >= 0.3 is 131 Å². The zero-order chi connectivity index (χ0) is 16.2. The van der Waals surface area contributed by atoms with Crippen molar-refractivity contribution in [3.05, 3.63) is 0 Å². The summed E-state index contributed by atoms with van der Waals surface area (Å²) >= 11 is 0. The maximum atomic E-state index is 11.9. The van der Waals surface area contributed by atoms with Gasteiger partial charge in [-0.3, -0.25) is 0 Å². The monoisotopic (exact) mass is 320 g/mol. The van der Waals surface area contributed by atoms with Crippen LogP contribution in [0.3, 0.4) is 0 Å². The maximum absolute atomic E-state index is 11.9. The molecule has 128 valence electrons. The van der Waals surface area contributed by atoms with Crippen molar-refractivity contribution in [3.63, 3.8) is 0 Å². The average molecular weight is 320 g/mol. The van der Waals surface area contributed by atoms with Gasteiger partial charge in [-0.25, -0.2) is 0 Å². The van der Waals surface area contributed by atoms with Crippen LogP contribution >= 0.6 is 6.83 Å². The van der Waals surface area contributed by atoms with Crippen LogP contribution < -0.4 is 0 Å². The fourth-order valence-corrected chi connectivity index (χ4v) is 9.64. The number of hydrogen-bond acceptors (Lipinski definition) is 3. The average Bonchev–Trinajstić information content (AvgIpc) is 2.47. The molecule has 0 heterocycles. The second kappa shape index (κ2) is 10.6. The normalized spacial score (nSPS) is 13.7. The first kappa shape index (κ1) is 20.9. The van der Waals surface area contributed by atoms with Crippen LogP contribution in [0.4, 0.5) is 0 Å². The van der Waals surface area contributed by atoms with E-state index in [1.54, 1.807) is 14.0 Å². The Labute approximate surface area is 132 Å². The van der Waals surface area contributed by atoms with Crippen molar-refractivity contribution in [2.24, 2.45) is 0 Å². The van der Waals surface area contributed by atoms with Gasteiger partial charge in [-0.1, -0.05) is 0 Å². The van der Waals surface area contributed by atoms with Crippen molar-refractivity contribution in [3.8, 4) is 0 Å². The van der Waals surface area contributed by atoms with E-state index in [4.69, 9.17) is 9.26 Å². The quantitative estimate of drug-likeness (QED) is 0.445. The predicted octanol–water partition coefficient (Wildman–Crippen LogP) is 5.06. The molecule has 0 aromatic heterocycles. The summed E-state index contributed by atoms with van der Waals surface area (Å²) in [5.41, 5.74) is 0. The molecule has 0 fully saturated rings. The molecule has 0 N–H and O–H groups in total. The standard InChI is InChI=1S/C17H37O3P/c1-6-9-13-21(14-10-7-2,15-11-8-3,16-12-19-5)20-17(4)18/h6-16H2,1-5H3. The summed E-state index contributed by atoms with van der Waals surface area (Å²) in [5.74, 6) is -0.0907.